The first kappa shape index (κ1) is 13.8. The number of benzene rings is 2. The van der Waals surface area contributed by atoms with Crippen LogP contribution in [0.4, 0.5) is 25.0 Å². The van der Waals surface area contributed by atoms with Crippen LogP contribution in [0.25, 0.3) is 0 Å². The summed E-state index contributed by atoms with van der Waals surface area (Å²) in [4.78, 5) is 11.7. The summed E-state index contributed by atoms with van der Waals surface area (Å²) in [6, 6.07) is 9.25. The van der Waals surface area contributed by atoms with Crippen LogP contribution in [-0.2, 0) is 0 Å². The molecule has 2 aromatic rings. The zero-order chi connectivity index (χ0) is 14.5. The molecule has 0 aromatic heterocycles. The summed E-state index contributed by atoms with van der Waals surface area (Å²) in [5.41, 5.74) is 0.709. The highest BCUT2D eigenvalue weighted by molar-refractivity contribution is 5.99. The van der Waals surface area contributed by atoms with E-state index in [4.69, 9.17) is 4.74 Å². The molecule has 6 heteroatoms. The van der Waals surface area contributed by atoms with Gasteiger partial charge in [-0.15, -0.1) is 0 Å². The van der Waals surface area contributed by atoms with Crippen molar-refractivity contribution < 1.29 is 18.3 Å². The van der Waals surface area contributed by atoms with Gasteiger partial charge in [0.25, 0.3) is 0 Å². The SMILES string of the molecule is COc1ccc(NC(=O)Nc2ccc(F)c(F)c2)cc1. The molecule has 0 aliphatic heterocycles. The van der Waals surface area contributed by atoms with Crippen LogP contribution in [0.5, 0.6) is 5.75 Å². The van der Waals surface area contributed by atoms with Gasteiger partial charge < -0.3 is 15.4 Å². The molecular formula is C14H12F2N2O2. The summed E-state index contributed by atoms with van der Waals surface area (Å²) in [5, 5.41) is 4.95. The second kappa shape index (κ2) is 6.01. The normalized spacial score (nSPS) is 9.95. The number of amides is 2. The van der Waals surface area contributed by atoms with Crippen LogP contribution >= 0.6 is 0 Å². The number of urea groups is 1. The van der Waals surface area contributed by atoms with Crippen molar-refractivity contribution in [3.8, 4) is 5.75 Å². The van der Waals surface area contributed by atoms with E-state index in [1.165, 1.54) is 13.2 Å². The Bertz CT molecular complexity index is 615. The van der Waals surface area contributed by atoms with E-state index >= 15 is 0 Å². The molecule has 2 amide bonds. The third-order valence-electron chi connectivity index (χ3n) is 2.53. The number of anilines is 2. The van der Waals surface area contributed by atoms with E-state index in [1.54, 1.807) is 24.3 Å². The topological polar surface area (TPSA) is 50.4 Å². The molecule has 0 unspecified atom stereocenters. The van der Waals surface area contributed by atoms with Crippen molar-refractivity contribution in [2.24, 2.45) is 0 Å². The predicted octanol–water partition coefficient (Wildman–Crippen LogP) is 3.62. The molecule has 2 N–H and O–H groups in total. The van der Waals surface area contributed by atoms with Crippen LogP contribution in [-0.4, -0.2) is 13.1 Å². The molecule has 0 aliphatic carbocycles. The zero-order valence-corrected chi connectivity index (χ0v) is 10.6. The summed E-state index contributed by atoms with van der Waals surface area (Å²) in [6.07, 6.45) is 0. The van der Waals surface area contributed by atoms with Gasteiger partial charge in [-0.2, -0.15) is 0 Å². The van der Waals surface area contributed by atoms with Gasteiger partial charge in [0, 0.05) is 17.4 Å². The fraction of sp³-hybridized carbons (Fsp3) is 0.0714. The first-order valence-electron chi connectivity index (χ1n) is 5.75. The number of hydrogen-bond acceptors (Lipinski definition) is 2. The highest BCUT2D eigenvalue weighted by Gasteiger charge is 2.06. The monoisotopic (exact) mass is 278 g/mol. The average Bonchev–Trinajstić information content (AvgIpc) is 2.44. The number of hydrogen-bond donors (Lipinski definition) is 2. The lowest BCUT2D eigenvalue weighted by Gasteiger charge is -2.08. The second-order valence-corrected chi connectivity index (χ2v) is 3.94. The largest absolute Gasteiger partial charge is 0.497 e. The first-order chi connectivity index (χ1) is 9.58. The van der Waals surface area contributed by atoms with E-state index in [9.17, 15) is 13.6 Å². The summed E-state index contributed by atoms with van der Waals surface area (Å²) >= 11 is 0. The van der Waals surface area contributed by atoms with Crippen LogP contribution in [0, 0.1) is 11.6 Å². The Morgan fingerprint density at radius 3 is 2.15 bits per heavy atom. The molecule has 2 aromatic carbocycles. The van der Waals surface area contributed by atoms with Crippen molar-refractivity contribution in [1.82, 2.24) is 0 Å². The standard InChI is InChI=1S/C14H12F2N2O2/c1-20-11-5-2-9(3-6-11)17-14(19)18-10-4-7-12(15)13(16)8-10/h2-8H,1H3,(H2,17,18,19). The first-order valence-corrected chi connectivity index (χ1v) is 5.75. The van der Waals surface area contributed by atoms with Gasteiger partial charge >= 0.3 is 6.03 Å². The number of ether oxygens (including phenoxy) is 1. The minimum absolute atomic E-state index is 0.162. The van der Waals surface area contributed by atoms with Gasteiger partial charge in [-0.05, 0) is 36.4 Å². The number of halogens is 2. The lowest BCUT2D eigenvalue weighted by Crippen LogP contribution is -2.19. The van der Waals surface area contributed by atoms with E-state index in [1.807, 2.05) is 0 Å². The second-order valence-electron chi connectivity index (χ2n) is 3.94. The fourth-order valence-corrected chi connectivity index (χ4v) is 1.54. The molecule has 0 saturated heterocycles. The fourth-order valence-electron chi connectivity index (χ4n) is 1.54. The van der Waals surface area contributed by atoms with Gasteiger partial charge in [0.05, 0.1) is 7.11 Å². The zero-order valence-electron chi connectivity index (χ0n) is 10.6. The molecule has 4 nitrogen and oxygen atoms in total. The molecule has 0 aliphatic rings. The molecule has 0 spiro atoms. The van der Waals surface area contributed by atoms with Crippen LogP contribution in [0.15, 0.2) is 42.5 Å². The molecule has 0 heterocycles. The van der Waals surface area contributed by atoms with E-state index in [0.29, 0.717) is 11.4 Å². The summed E-state index contributed by atoms with van der Waals surface area (Å²) in [5.74, 6) is -1.32. The Balaban J connectivity index is 1.99. The third kappa shape index (κ3) is 3.44. The lowest BCUT2D eigenvalue weighted by molar-refractivity contribution is 0.262. The van der Waals surface area contributed by atoms with E-state index in [0.717, 1.165) is 12.1 Å². The number of carbonyl (C=O) groups excluding carboxylic acids is 1. The maximum atomic E-state index is 13.0. The van der Waals surface area contributed by atoms with Crippen molar-refractivity contribution in [1.29, 1.82) is 0 Å². The molecule has 104 valence electrons. The number of carbonyl (C=O) groups is 1. The van der Waals surface area contributed by atoms with Crippen molar-refractivity contribution in [3.63, 3.8) is 0 Å². The maximum Gasteiger partial charge on any atom is 0.323 e. The Hall–Kier alpha value is -2.63. The maximum absolute atomic E-state index is 13.0. The van der Waals surface area contributed by atoms with E-state index in [-0.39, 0.29) is 5.69 Å². The summed E-state index contributed by atoms with van der Waals surface area (Å²) < 4.78 is 30.7. The van der Waals surface area contributed by atoms with Crippen LogP contribution in [0.2, 0.25) is 0 Å². The van der Waals surface area contributed by atoms with Crippen LogP contribution in [0.1, 0.15) is 0 Å². The summed E-state index contributed by atoms with van der Waals surface area (Å²) in [7, 11) is 1.54. The third-order valence-corrected chi connectivity index (χ3v) is 2.53. The lowest BCUT2D eigenvalue weighted by atomic mass is 10.3. The average molecular weight is 278 g/mol. The molecular weight excluding hydrogens is 266 g/mol. The smallest absolute Gasteiger partial charge is 0.323 e. The van der Waals surface area contributed by atoms with Gasteiger partial charge in [0.1, 0.15) is 5.75 Å². The Kier molecular flexibility index (Phi) is 4.14. The van der Waals surface area contributed by atoms with Gasteiger partial charge in [-0.25, -0.2) is 13.6 Å². The van der Waals surface area contributed by atoms with Crippen LogP contribution < -0.4 is 15.4 Å². The van der Waals surface area contributed by atoms with Gasteiger partial charge in [-0.3, -0.25) is 0 Å². The molecule has 20 heavy (non-hydrogen) atoms. The molecule has 0 saturated carbocycles. The Morgan fingerprint density at radius 2 is 1.55 bits per heavy atom. The van der Waals surface area contributed by atoms with Crippen molar-refractivity contribution in [2.75, 3.05) is 17.7 Å². The minimum Gasteiger partial charge on any atom is -0.497 e. The number of nitrogens with one attached hydrogen (secondary N) is 2. The van der Waals surface area contributed by atoms with Gasteiger partial charge in [0.15, 0.2) is 11.6 Å². The highest BCUT2D eigenvalue weighted by atomic mass is 19.2. The van der Waals surface area contributed by atoms with Gasteiger partial charge in [-0.1, -0.05) is 0 Å². The Morgan fingerprint density at radius 1 is 0.950 bits per heavy atom. The number of rotatable bonds is 3. The molecule has 0 radical (unpaired) electrons. The Labute approximate surface area is 114 Å². The van der Waals surface area contributed by atoms with E-state index < -0.39 is 17.7 Å². The molecule has 0 atom stereocenters. The quantitative estimate of drug-likeness (QED) is 0.901. The molecule has 2 rings (SSSR count). The van der Waals surface area contributed by atoms with Gasteiger partial charge in [0.2, 0.25) is 0 Å². The highest BCUT2D eigenvalue weighted by Crippen LogP contribution is 2.16. The van der Waals surface area contributed by atoms with Crippen molar-refractivity contribution >= 4 is 17.4 Å². The molecule has 0 fully saturated rings. The van der Waals surface area contributed by atoms with Crippen molar-refractivity contribution in [3.05, 3.63) is 54.1 Å². The predicted molar refractivity (Wildman–Crippen MR) is 72.0 cm³/mol. The number of methoxy groups -OCH3 is 1. The van der Waals surface area contributed by atoms with Crippen molar-refractivity contribution in [2.45, 2.75) is 0 Å². The van der Waals surface area contributed by atoms with E-state index in [2.05, 4.69) is 10.6 Å². The minimum atomic E-state index is -1.02. The molecule has 0 bridgehead atoms. The van der Waals surface area contributed by atoms with Crippen LogP contribution in [0.3, 0.4) is 0 Å². The summed E-state index contributed by atoms with van der Waals surface area (Å²) in [6.45, 7) is 0.